The molecule has 194 valence electrons. The van der Waals surface area contributed by atoms with Crippen molar-refractivity contribution in [1.82, 2.24) is 9.05 Å². The van der Waals surface area contributed by atoms with E-state index in [0.29, 0.717) is 0 Å². The van der Waals surface area contributed by atoms with E-state index in [1.54, 1.807) is 11.8 Å². The fraction of sp³-hybridized carbons (Fsp3) is 0.0270. The van der Waals surface area contributed by atoms with Crippen molar-refractivity contribution in [3.63, 3.8) is 0 Å². The Morgan fingerprint density at radius 1 is 0.643 bits per heavy atom. The lowest BCUT2D eigenvalue weighted by Gasteiger charge is -2.34. The average Bonchev–Trinajstić information content (AvgIpc) is 3.69. The van der Waals surface area contributed by atoms with Crippen molar-refractivity contribution < 1.29 is 4.42 Å². The summed E-state index contributed by atoms with van der Waals surface area (Å²) in [6.45, 7) is 0.0328. The Bertz CT molecular complexity index is 2690. The van der Waals surface area contributed by atoms with Crippen LogP contribution in [0.3, 0.4) is 0 Å². The van der Waals surface area contributed by atoms with E-state index in [4.69, 9.17) is 4.42 Å². The maximum atomic E-state index is 6.78. The van der Waals surface area contributed by atoms with E-state index in [2.05, 4.69) is 124 Å². The molecule has 3 nitrogen and oxygen atoms in total. The zero-order valence-electron chi connectivity index (χ0n) is 22.7. The quantitative estimate of drug-likeness (QED) is 0.151. The van der Waals surface area contributed by atoms with Gasteiger partial charge in [0.2, 0.25) is 0 Å². The number of hydrogen-bond acceptors (Lipinski definition) is 2. The van der Waals surface area contributed by atoms with Crippen LogP contribution in [0.1, 0.15) is 0 Å². The van der Waals surface area contributed by atoms with E-state index < -0.39 is 0 Å². The molecule has 2 aliphatic heterocycles. The molecule has 0 aliphatic carbocycles. The fourth-order valence-electron chi connectivity index (χ4n) is 8.21. The van der Waals surface area contributed by atoms with Gasteiger partial charge in [0.15, 0.2) is 0 Å². The summed E-state index contributed by atoms with van der Waals surface area (Å²) in [5.41, 5.74) is 13.5. The van der Waals surface area contributed by atoms with Gasteiger partial charge in [-0.1, -0.05) is 72.8 Å². The third-order valence-corrected chi connectivity index (χ3v) is 10.5. The van der Waals surface area contributed by atoms with Gasteiger partial charge in [-0.25, -0.2) is 0 Å². The largest absolute Gasteiger partial charge is 0.455 e. The van der Waals surface area contributed by atoms with Gasteiger partial charge >= 0.3 is 6.85 Å². The second kappa shape index (κ2) is 7.31. The first-order valence-corrected chi connectivity index (χ1v) is 15.7. The van der Waals surface area contributed by atoms with Crippen LogP contribution in [-0.4, -0.2) is 22.1 Å². The van der Waals surface area contributed by atoms with E-state index in [0.717, 1.165) is 16.6 Å². The second-order valence-corrected chi connectivity index (χ2v) is 12.5. The van der Waals surface area contributed by atoms with Crippen molar-refractivity contribution in [3.05, 3.63) is 109 Å². The molecule has 0 saturated heterocycles. The Morgan fingerprint density at radius 3 is 2.33 bits per heavy atom. The molecule has 3 aromatic heterocycles. The van der Waals surface area contributed by atoms with Crippen LogP contribution in [0.25, 0.3) is 82.4 Å². The van der Waals surface area contributed by atoms with Crippen LogP contribution in [0, 0.1) is 0 Å². The monoisotopic (exact) mass is 552 g/mol. The van der Waals surface area contributed by atoms with Gasteiger partial charge in [-0.05, 0) is 53.6 Å². The second-order valence-electron chi connectivity index (χ2n) is 11.6. The lowest BCUT2D eigenvalue weighted by atomic mass is 9.45. The van der Waals surface area contributed by atoms with E-state index >= 15 is 0 Å². The van der Waals surface area contributed by atoms with Gasteiger partial charge in [0.05, 0.1) is 11.0 Å². The summed E-state index contributed by atoms with van der Waals surface area (Å²) in [4.78, 5) is 1.29. The molecule has 0 fully saturated rings. The van der Waals surface area contributed by atoms with Crippen molar-refractivity contribution in [2.45, 2.75) is 4.90 Å². The van der Waals surface area contributed by atoms with Crippen LogP contribution < -0.4 is 10.9 Å². The summed E-state index contributed by atoms with van der Waals surface area (Å²) < 4.78 is 11.9. The first-order valence-electron chi connectivity index (χ1n) is 14.4. The number of fused-ring (bicyclic) bond motifs is 14. The number of thioether (sulfide) groups is 1. The molecule has 0 spiro atoms. The summed E-state index contributed by atoms with van der Waals surface area (Å²) in [7, 11) is 0. The fourth-order valence-corrected chi connectivity index (χ4v) is 8.65. The number of hydrogen-bond donors (Lipinski definition) is 0. The van der Waals surface area contributed by atoms with Gasteiger partial charge in [-0.3, -0.25) is 0 Å². The normalized spacial score (nSPS) is 13.4. The molecule has 11 rings (SSSR count). The van der Waals surface area contributed by atoms with Crippen LogP contribution in [0.2, 0.25) is 0 Å². The summed E-state index contributed by atoms with van der Waals surface area (Å²) in [5.74, 6) is 0. The number of para-hydroxylation sites is 4. The molecule has 0 saturated carbocycles. The van der Waals surface area contributed by atoms with Gasteiger partial charge in [-0.2, -0.15) is 0 Å². The van der Waals surface area contributed by atoms with Gasteiger partial charge in [0, 0.05) is 65.1 Å². The third-order valence-electron chi connectivity index (χ3n) is 9.78. The minimum Gasteiger partial charge on any atom is -0.455 e. The first kappa shape index (κ1) is 21.8. The lowest BCUT2D eigenvalue weighted by Crippen LogP contribution is -2.55. The van der Waals surface area contributed by atoms with Crippen molar-refractivity contribution >= 4 is 95.1 Å². The van der Waals surface area contributed by atoms with Crippen molar-refractivity contribution in [2.24, 2.45) is 0 Å². The minimum atomic E-state index is 0.0328. The molecule has 6 aromatic carbocycles. The van der Waals surface area contributed by atoms with E-state index in [1.807, 2.05) is 0 Å². The number of nitrogens with zero attached hydrogens (tertiary/aromatic N) is 2. The van der Waals surface area contributed by atoms with Crippen LogP contribution >= 0.6 is 11.8 Å². The van der Waals surface area contributed by atoms with Crippen molar-refractivity contribution in [3.8, 4) is 16.8 Å². The molecular formula is C37H21BN2OS. The maximum absolute atomic E-state index is 6.78. The topological polar surface area (TPSA) is 23.0 Å². The molecule has 0 amide bonds. The highest BCUT2D eigenvalue weighted by Crippen LogP contribution is 2.47. The Labute approximate surface area is 245 Å². The molecule has 5 heteroatoms. The van der Waals surface area contributed by atoms with Crippen LogP contribution in [-0.2, 0) is 0 Å². The summed E-state index contributed by atoms with van der Waals surface area (Å²) in [5, 5.41) is 7.56. The first-order chi connectivity index (χ1) is 20.8. The maximum Gasteiger partial charge on any atom is 0.333 e. The average molecular weight is 552 g/mol. The Balaban J connectivity index is 1.46. The molecular weight excluding hydrogens is 531 g/mol. The van der Waals surface area contributed by atoms with E-state index in [-0.39, 0.29) is 6.85 Å². The lowest BCUT2D eigenvalue weighted by molar-refractivity contribution is 0.670. The van der Waals surface area contributed by atoms with E-state index in [1.165, 1.54) is 81.6 Å². The zero-order chi connectivity index (χ0) is 27.3. The standard InChI is InChI=1S/C37H21BN2OS/c1-42-20-16-17-29-26(18-20)24-11-7-13-28-36(24)39(29)31-19-27-22-9-3-5-15-32(22)41-37(27)33-25-12-6-10-23-21-8-2-4-14-30(21)40(35(23)25)38(28)34(31)33/h2-19H,1H3. The van der Waals surface area contributed by atoms with Gasteiger partial charge in [-0.15, -0.1) is 11.8 Å². The summed E-state index contributed by atoms with van der Waals surface area (Å²) in [6, 6.07) is 40.4. The molecule has 9 aromatic rings. The molecule has 5 heterocycles. The SMILES string of the molecule is CSc1ccc2c(c1)c1cccc3c1n2-c1cc2c(oc4ccccc42)c2c1B3n1c3ccccc3c3cccc-2c31. The van der Waals surface area contributed by atoms with Crippen LogP contribution in [0.15, 0.2) is 119 Å². The van der Waals surface area contributed by atoms with Crippen molar-refractivity contribution in [2.75, 3.05) is 6.26 Å². The molecule has 42 heavy (non-hydrogen) atoms. The Hall–Kier alpha value is -4.87. The molecule has 0 unspecified atom stereocenters. The molecule has 0 N–H and O–H groups in total. The zero-order valence-corrected chi connectivity index (χ0v) is 23.5. The summed E-state index contributed by atoms with van der Waals surface area (Å²) >= 11 is 1.80. The van der Waals surface area contributed by atoms with Gasteiger partial charge in [0.1, 0.15) is 11.2 Å². The molecule has 0 bridgehead atoms. The van der Waals surface area contributed by atoms with Crippen LogP contribution in [0.5, 0.6) is 0 Å². The predicted molar refractivity (Wildman–Crippen MR) is 179 cm³/mol. The third kappa shape index (κ3) is 2.34. The highest BCUT2D eigenvalue weighted by Gasteiger charge is 2.42. The molecule has 0 atom stereocenters. The van der Waals surface area contributed by atoms with E-state index in [9.17, 15) is 0 Å². The molecule has 0 radical (unpaired) electrons. The number of furan rings is 1. The van der Waals surface area contributed by atoms with Crippen LogP contribution in [0.4, 0.5) is 0 Å². The molecule has 2 aliphatic rings. The Morgan fingerprint density at radius 2 is 1.43 bits per heavy atom. The predicted octanol–water partition coefficient (Wildman–Crippen LogP) is 8.46. The highest BCUT2D eigenvalue weighted by atomic mass is 32.2. The number of benzene rings is 6. The number of aromatic nitrogens is 2. The smallest absolute Gasteiger partial charge is 0.333 e. The Kier molecular flexibility index (Phi) is 3.80. The highest BCUT2D eigenvalue weighted by molar-refractivity contribution is 7.98. The van der Waals surface area contributed by atoms with Gasteiger partial charge < -0.3 is 13.5 Å². The van der Waals surface area contributed by atoms with Gasteiger partial charge in [0.25, 0.3) is 0 Å². The summed E-state index contributed by atoms with van der Waals surface area (Å²) in [6.07, 6.45) is 2.16. The van der Waals surface area contributed by atoms with Crippen molar-refractivity contribution in [1.29, 1.82) is 0 Å². The minimum absolute atomic E-state index is 0.0328. The number of rotatable bonds is 1.